The maximum absolute atomic E-state index is 12.8. The average molecular weight is 372 g/mol. The zero-order chi connectivity index (χ0) is 19.3. The number of fused-ring (bicyclic) bond motifs is 2. The summed E-state index contributed by atoms with van der Waals surface area (Å²) in [4.78, 5) is 15.8. The van der Waals surface area contributed by atoms with Crippen LogP contribution in [-0.2, 0) is 0 Å². The van der Waals surface area contributed by atoms with Crippen molar-refractivity contribution in [3.63, 3.8) is 0 Å². The number of hydrogen-bond acceptors (Lipinski definition) is 4. The van der Waals surface area contributed by atoms with Crippen molar-refractivity contribution in [2.24, 2.45) is 0 Å². The number of phenols is 1. The van der Waals surface area contributed by atoms with Crippen LogP contribution in [0.25, 0.3) is 27.7 Å². The molecule has 5 rings (SSSR count). The molecule has 0 aliphatic rings. The Hall–Kier alpha value is -4.00. The maximum atomic E-state index is 12.8. The van der Waals surface area contributed by atoms with E-state index in [0.717, 1.165) is 28.1 Å². The van der Waals surface area contributed by atoms with Gasteiger partial charge in [-0.1, -0.05) is 0 Å². The van der Waals surface area contributed by atoms with Crippen LogP contribution in [0, 0.1) is 6.92 Å². The summed E-state index contributed by atoms with van der Waals surface area (Å²) in [6, 6.07) is 12.3. The fourth-order valence-corrected chi connectivity index (χ4v) is 3.32. The van der Waals surface area contributed by atoms with E-state index in [1.165, 1.54) is 0 Å². The highest BCUT2D eigenvalue weighted by Gasteiger charge is 2.15. The van der Waals surface area contributed by atoms with Crippen LogP contribution >= 0.6 is 0 Å². The van der Waals surface area contributed by atoms with Crippen molar-refractivity contribution in [1.29, 1.82) is 0 Å². The lowest BCUT2D eigenvalue weighted by Gasteiger charge is -2.06. The molecule has 0 saturated heterocycles. The van der Waals surface area contributed by atoms with E-state index in [2.05, 4.69) is 15.4 Å². The van der Waals surface area contributed by atoms with Gasteiger partial charge in [-0.15, -0.1) is 0 Å². The first-order valence-electron chi connectivity index (χ1n) is 8.74. The third kappa shape index (κ3) is 2.61. The third-order valence-corrected chi connectivity index (χ3v) is 4.70. The first kappa shape index (κ1) is 16.2. The molecule has 0 aliphatic carbocycles. The lowest BCUT2D eigenvalue weighted by molar-refractivity contribution is 0.102. The molecule has 7 nitrogen and oxygen atoms in total. The SMILES string of the molecule is Cc1ccc(-c2cnn3ccc(NC(=O)c4c[nH]c5ccc(O)cc45)cc23)o1. The topological polar surface area (TPSA) is 95.6 Å². The monoisotopic (exact) mass is 372 g/mol. The molecular weight excluding hydrogens is 356 g/mol. The lowest BCUT2D eigenvalue weighted by atomic mass is 10.1. The van der Waals surface area contributed by atoms with E-state index in [-0.39, 0.29) is 11.7 Å². The van der Waals surface area contributed by atoms with Crippen molar-refractivity contribution in [2.75, 3.05) is 5.32 Å². The number of hydrogen-bond donors (Lipinski definition) is 3. The number of nitrogens with one attached hydrogen (secondary N) is 2. The highest BCUT2D eigenvalue weighted by molar-refractivity contribution is 6.13. The van der Waals surface area contributed by atoms with Crippen LogP contribution in [0.5, 0.6) is 5.75 Å². The number of furan rings is 1. The lowest BCUT2D eigenvalue weighted by Crippen LogP contribution is -2.11. The second kappa shape index (κ2) is 6.02. The van der Waals surface area contributed by atoms with Crippen LogP contribution in [0.3, 0.4) is 0 Å². The Morgan fingerprint density at radius 3 is 2.93 bits per heavy atom. The molecule has 0 bridgehead atoms. The number of aromatic hydroxyl groups is 1. The van der Waals surface area contributed by atoms with E-state index in [4.69, 9.17) is 4.42 Å². The standard InChI is InChI=1S/C21H16N4O3/c1-12-2-5-20(28-12)17-11-23-25-7-6-13(8-19(17)25)24-21(27)16-10-22-18-4-3-14(26)9-15(16)18/h2-11,22,26H,1H3,(H,24,27). The van der Waals surface area contributed by atoms with E-state index >= 15 is 0 Å². The molecule has 4 heterocycles. The summed E-state index contributed by atoms with van der Waals surface area (Å²) in [6.07, 6.45) is 5.15. The van der Waals surface area contributed by atoms with Crippen LogP contribution in [0.15, 0.2) is 65.5 Å². The van der Waals surface area contributed by atoms with Gasteiger partial charge in [-0.05, 0) is 49.4 Å². The van der Waals surface area contributed by atoms with Gasteiger partial charge in [-0.3, -0.25) is 4.79 Å². The first-order valence-corrected chi connectivity index (χ1v) is 8.74. The quantitative estimate of drug-likeness (QED) is 0.439. The van der Waals surface area contributed by atoms with Gasteiger partial charge < -0.3 is 19.8 Å². The van der Waals surface area contributed by atoms with Crippen molar-refractivity contribution in [2.45, 2.75) is 6.92 Å². The fraction of sp³-hybridized carbons (Fsp3) is 0.0476. The molecule has 0 atom stereocenters. The Morgan fingerprint density at radius 1 is 1.21 bits per heavy atom. The Labute approximate surface area is 159 Å². The summed E-state index contributed by atoms with van der Waals surface area (Å²) in [6.45, 7) is 1.89. The molecule has 0 spiro atoms. The number of aromatic nitrogens is 3. The summed E-state index contributed by atoms with van der Waals surface area (Å²) < 4.78 is 7.44. The van der Waals surface area contributed by atoms with Gasteiger partial charge in [0.2, 0.25) is 0 Å². The molecule has 0 saturated carbocycles. The Morgan fingerprint density at radius 2 is 2.11 bits per heavy atom. The van der Waals surface area contributed by atoms with E-state index in [0.29, 0.717) is 16.6 Å². The number of aromatic amines is 1. The van der Waals surface area contributed by atoms with Crippen LogP contribution in [0.1, 0.15) is 16.1 Å². The van der Waals surface area contributed by atoms with Crippen LogP contribution in [0.2, 0.25) is 0 Å². The van der Waals surface area contributed by atoms with E-state index in [9.17, 15) is 9.90 Å². The van der Waals surface area contributed by atoms with Gasteiger partial charge in [0, 0.05) is 29.0 Å². The molecule has 0 aliphatic heterocycles. The number of H-pyrrole nitrogens is 1. The molecule has 4 aromatic heterocycles. The zero-order valence-electron chi connectivity index (χ0n) is 14.9. The molecule has 138 valence electrons. The summed E-state index contributed by atoms with van der Waals surface area (Å²) >= 11 is 0. The van der Waals surface area contributed by atoms with Gasteiger partial charge in [0.15, 0.2) is 0 Å². The molecular formula is C21H16N4O3. The van der Waals surface area contributed by atoms with Gasteiger partial charge in [0.05, 0.1) is 22.8 Å². The molecule has 28 heavy (non-hydrogen) atoms. The van der Waals surface area contributed by atoms with Crippen molar-refractivity contribution < 1.29 is 14.3 Å². The number of anilines is 1. The number of pyridine rings is 1. The van der Waals surface area contributed by atoms with Crippen LogP contribution in [-0.4, -0.2) is 25.6 Å². The van der Waals surface area contributed by atoms with E-state index < -0.39 is 0 Å². The van der Waals surface area contributed by atoms with E-state index in [1.807, 2.05) is 25.1 Å². The molecule has 0 radical (unpaired) electrons. The predicted octanol–water partition coefficient (Wildman–Crippen LogP) is 4.34. The molecule has 5 aromatic rings. The van der Waals surface area contributed by atoms with Gasteiger partial charge in [-0.2, -0.15) is 5.10 Å². The Kier molecular flexibility index (Phi) is 3.48. The second-order valence-corrected chi connectivity index (χ2v) is 6.60. The number of carbonyl (C=O) groups is 1. The minimum Gasteiger partial charge on any atom is -0.508 e. The number of carbonyl (C=O) groups excluding carboxylic acids is 1. The minimum atomic E-state index is -0.267. The van der Waals surface area contributed by atoms with Crippen molar-refractivity contribution in [3.8, 4) is 17.1 Å². The first-order chi connectivity index (χ1) is 13.6. The average Bonchev–Trinajstić information content (AvgIpc) is 3.38. The number of nitrogens with zero attached hydrogens (tertiary/aromatic N) is 2. The van der Waals surface area contributed by atoms with Crippen LogP contribution < -0.4 is 5.32 Å². The molecule has 1 aromatic carbocycles. The highest BCUT2D eigenvalue weighted by atomic mass is 16.3. The van der Waals surface area contributed by atoms with Gasteiger partial charge >= 0.3 is 0 Å². The number of aryl methyl sites for hydroxylation is 1. The van der Waals surface area contributed by atoms with Gasteiger partial charge in [0.25, 0.3) is 5.91 Å². The van der Waals surface area contributed by atoms with E-state index in [1.54, 1.807) is 47.4 Å². The van der Waals surface area contributed by atoms with Gasteiger partial charge in [-0.25, -0.2) is 4.52 Å². The predicted molar refractivity (Wildman–Crippen MR) is 106 cm³/mol. The highest BCUT2D eigenvalue weighted by Crippen LogP contribution is 2.28. The number of amides is 1. The molecule has 3 N–H and O–H groups in total. The normalized spacial score (nSPS) is 11.3. The smallest absolute Gasteiger partial charge is 0.257 e. The zero-order valence-corrected chi connectivity index (χ0v) is 14.9. The summed E-state index contributed by atoms with van der Waals surface area (Å²) in [5.41, 5.74) is 3.55. The maximum Gasteiger partial charge on any atom is 0.257 e. The fourth-order valence-electron chi connectivity index (χ4n) is 3.32. The van der Waals surface area contributed by atoms with Crippen LogP contribution in [0.4, 0.5) is 5.69 Å². The molecule has 0 fully saturated rings. The van der Waals surface area contributed by atoms with Crippen molar-refractivity contribution >= 4 is 28.0 Å². The minimum absolute atomic E-state index is 0.111. The van der Waals surface area contributed by atoms with Crippen molar-refractivity contribution in [3.05, 3.63) is 72.4 Å². The largest absolute Gasteiger partial charge is 0.508 e. The molecule has 7 heteroatoms. The number of phenolic OH excluding ortho intramolecular Hbond substituents is 1. The van der Waals surface area contributed by atoms with Gasteiger partial charge in [0.1, 0.15) is 17.3 Å². The molecule has 0 unspecified atom stereocenters. The molecule has 1 amide bonds. The summed E-state index contributed by atoms with van der Waals surface area (Å²) in [7, 11) is 0. The van der Waals surface area contributed by atoms with Crippen molar-refractivity contribution in [1.82, 2.24) is 14.6 Å². The Balaban J connectivity index is 1.51. The third-order valence-electron chi connectivity index (χ3n) is 4.70. The summed E-state index contributed by atoms with van der Waals surface area (Å²) in [5.74, 6) is 1.39. The number of rotatable bonds is 3. The number of benzene rings is 1. The summed E-state index contributed by atoms with van der Waals surface area (Å²) in [5, 5.41) is 17.6. The Bertz CT molecular complexity index is 1340. The second-order valence-electron chi connectivity index (χ2n) is 6.60.